The zero-order chi connectivity index (χ0) is 13.9. The standard InChI is InChI=1S/C12H9N5O2S/c1-6-14-9(19-15-6)8-10-16(2)11(18)7-3-4-20-12(7)17(10)5-13-8/h3-5H,1-2H3. The summed E-state index contributed by atoms with van der Waals surface area (Å²) in [7, 11) is 1.71. The molecule has 4 heterocycles. The van der Waals surface area contributed by atoms with Gasteiger partial charge in [0, 0.05) is 7.05 Å². The molecule has 0 saturated heterocycles. The van der Waals surface area contributed by atoms with Crippen LogP contribution in [0.25, 0.3) is 27.4 Å². The average Bonchev–Trinajstić information content (AvgIpc) is 3.12. The third-order valence-corrected chi connectivity index (χ3v) is 4.10. The van der Waals surface area contributed by atoms with Crippen LogP contribution >= 0.6 is 11.3 Å². The summed E-state index contributed by atoms with van der Waals surface area (Å²) in [4.78, 5) is 21.7. The molecule has 0 bridgehead atoms. The first-order valence-electron chi connectivity index (χ1n) is 5.91. The van der Waals surface area contributed by atoms with Gasteiger partial charge in [0.15, 0.2) is 17.2 Å². The molecule has 0 fully saturated rings. The van der Waals surface area contributed by atoms with Gasteiger partial charge in [0.05, 0.1) is 5.39 Å². The van der Waals surface area contributed by atoms with E-state index in [1.807, 2.05) is 15.8 Å². The summed E-state index contributed by atoms with van der Waals surface area (Å²) >= 11 is 1.50. The molecular formula is C12H9N5O2S. The van der Waals surface area contributed by atoms with Gasteiger partial charge in [0.25, 0.3) is 11.4 Å². The number of hydrogen-bond acceptors (Lipinski definition) is 6. The highest BCUT2D eigenvalue weighted by atomic mass is 32.1. The van der Waals surface area contributed by atoms with E-state index in [9.17, 15) is 4.79 Å². The van der Waals surface area contributed by atoms with E-state index in [0.717, 1.165) is 4.83 Å². The lowest BCUT2D eigenvalue weighted by Gasteiger charge is -2.04. The van der Waals surface area contributed by atoms with E-state index < -0.39 is 0 Å². The molecule has 0 spiro atoms. The largest absolute Gasteiger partial charge is 0.332 e. The number of fused-ring (bicyclic) bond motifs is 3. The molecule has 0 saturated carbocycles. The van der Waals surface area contributed by atoms with Crippen LogP contribution in [0.5, 0.6) is 0 Å². The van der Waals surface area contributed by atoms with Crippen molar-refractivity contribution in [3.05, 3.63) is 34.0 Å². The molecule has 4 rings (SSSR count). The Balaban J connectivity index is 2.20. The molecule has 0 amide bonds. The third kappa shape index (κ3) is 1.33. The minimum absolute atomic E-state index is 0.0632. The van der Waals surface area contributed by atoms with Crippen molar-refractivity contribution < 1.29 is 4.52 Å². The lowest BCUT2D eigenvalue weighted by Crippen LogP contribution is -2.18. The van der Waals surface area contributed by atoms with Crippen molar-refractivity contribution in [3.8, 4) is 11.6 Å². The summed E-state index contributed by atoms with van der Waals surface area (Å²) < 4.78 is 8.58. The highest BCUT2D eigenvalue weighted by Crippen LogP contribution is 2.25. The van der Waals surface area contributed by atoms with Gasteiger partial charge in [-0.15, -0.1) is 11.3 Å². The van der Waals surface area contributed by atoms with Crippen molar-refractivity contribution in [1.29, 1.82) is 0 Å². The molecule has 0 N–H and O–H groups in total. The highest BCUT2D eigenvalue weighted by molar-refractivity contribution is 7.16. The van der Waals surface area contributed by atoms with Gasteiger partial charge in [-0.1, -0.05) is 5.16 Å². The van der Waals surface area contributed by atoms with Gasteiger partial charge in [0.1, 0.15) is 11.2 Å². The number of imidazole rings is 1. The SMILES string of the molecule is Cc1noc(-c2ncn3c4sccc4c(=O)n(C)c23)n1. The molecule has 100 valence electrons. The predicted molar refractivity (Wildman–Crippen MR) is 73.8 cm³/mol. The van der Waals surface area contributed by atoms with Crippen LogP contribution in [-0.4, -0.2) is 24.1 Å². The first-order valence-corrected chi connectivity index (χ1v) is 6.78. The van der Waals surface area contributed by atoms with E-state index in [0.29, 0.717) is 28.4 Å². The van der Waals surface area contributed by atoms with Gasteiger partial charge in [-0.05, 0) is 18.4 Å². The van der Waals surface area contributed by atoms with Gasteiger partial charge in [-0.25, -0.2) is 4.98 Å². The molecule has 8 heteroatoms. The summed E-state index contributed by atoms with van der Waals surface area (Å²) in [5.41, 5.74) is 1.10. The Bertz CT molecular complexity index is 1010. The smallest absolute Gasteiger partial charge is 0.280 e. The second-order valence-electron chi connectivity index (χ2n) is 4.44. The maximum Gasteiger partial charge on any atom is 0.280 e. The van der Waals surface area contributed by atoms with Gasteiger partial charge in [-0.3, -0.25) is 13.8 Å². The molecule has 0 unspecified atom stereocenters. The topological polar surface area (TPSA) is 78.2 Å². The third-order valence-electron chi connectivity index (χ3n) is 3.19. The van der Waals surface area contributed by atoms with E-state index in [1.165, 1.54) is 11.3 Å². The Hall–Kier alpha value is -2.48. The lowest BCUT2D eigenvalue weighted by atomic mass is 10.3. The molecule has 0 aromatic carbocycles. The normalized spacial score (nSPS) is 11.7. The minimum Gasteiger partial charge on any atom is -0.332 e. The monoisotopic (exact) mass is 287 g/mol. The number of hydrogen-bond donors (Lipinski definition) is 0. The Kier molecular flexibility index (Phi) is 2.14. The van der Waals surface area contributed by atoms with Crippen LogP contribution in [0.3, 0.4) is 0 Å². The number of rotatable bonds is 1. The number of thiophene rings is 1. The van der Waals surface area contributed by atoms with E-state index in [-0.39, 0.29) is 5.56 Å². The molecule has 0 aliphatic carbocycles. The van der Waals surface area contributed by atoms with Crippen LogP contribution in [0.1, 0.15) is 5.82 Å². The summed E-state index contributed by atoms with van der Waals surface area (Å²) in [6.45, 7) is 1.74. The van der Waals surface area contributed by atoms with Crippen molar-refractivity contribution in [1.82, 2.24) is 24.1 Å². The zero-order valence-corrected chi connectivity index (χ0v) is 11.5. The van der Waals surface area contributed by atoms with Crippen LogP contribution in [-0.2, 0) is 7.05 Å². The second-order valence-corrected chi connectivity index (χ2v) is 5.33. The van der Waals surface area contributed by atoms with Crippen molar-refractivity contribution >= 4 is 27.2 Å². The van der Waals surface area contributed by atoms with E-state index in [4.69, 9.17) is 4.52 Å². The van der Waals surface area contributed by atoms with Gasteiger partial charge in [-0.2, -0.15) is 4.98 Å². The van der Waals surface area contributed by atoms with Gasteiger partial charge >= 0.3 is 0 Å². The van der Waals surface area contributed by atoms with E-state index in [1.54, 1.807) is 24.9 Å². The maximum atomic E-state index is 12.4. The molecule has 0 atom stereocenters. The Morgan fingerprint density at radius 2 is 2.25 bits per heavy atom. The first-order chi connectivity index (χ1) is 9.66. The Morgan fingerprint density at radius 3 is 3.00 bits per heavy atom. The Morgan fingerprint density at radius 1 is 1.40 bits per heavy atom. The number of nitrogens with zero attached hydrogens (tertiary/aromatic N) is 5. The predicted octanol–water partition coefficient (Wildman–Crippen LogP) is 1.61. The summed E-state index contributed by atoms with van der Waals surface area (Å²) in [5, 5.41) is 6.33. The fraction of sp³-hybridized carbons (Fsp3) is 0.167. The average molecular weight is 287 g/mol. The fourth-order valence-electron chi connectivity index (χ4n) is 2.28. The van der Waals surface area contributed by atoms with Crippen LogP contribution in [0.2, 0.25) is 0 Å². The first kappa shape index (κ1) is 11.4. The van der Waals surface area contributed by atoms with Gasteiger partial charge < -0.3 is 4.52 Å². The van der Waals surface area contributed by atoms with E-state index in [2.05, 4.69) is 15.1 Å². The second kappa shape index (κ2) is 3.76. The maximum absolute atomic E-state index is 12.4. The van der Waals surface area contributed by atoms with Gasteiger partial charge in [0.2, 0.25) is 0 Å². The Labute approximate surface area is 116 Å². The minimum atomic E-state index is -0.0632. The molecule has 4 aromatic rings. The molecule has 0 radical (unpaired) electrons. The molecule has 0 aliphatic rings. The van der Waals surface area contributed by atoms with Crippen molar-refractivity contribution in [2.45, 2.75) is 6.92 Å². The van der Waals surface area contributed by atoms with E-state index >= 15 is 0 Å². The molecule has 4 aromatic heterocycles. The lowest BCUT2D eigenvalue weighted by molar-refractivity contribution is 0.424. The van der Waals surface area contributed by atoms with Crippen LogP contribution in [0.15, 0.2) is 27.1 Å². The summed E-state index contributed by atoms with van der Waals surface area (Å²) in [6.07, 6.45) is 1.67. The number of aryl methyl sites for hydroxylation is 2. The zero-order valence-electron chi connectivity index (χ0n) is 10.7. The van der Waals surface area contributed by atoms with Crippen LogP contribution in [0, 0.1) is 6.92 Å². The summed E-state index contributed by atoms with van der Waals surface area (Å²) in [6, 6.07) is 1.82. The van der Waals surface area contributed by atoms with Crippen LogP contribution in [0.4, 0.5) is 0 Å². The molecule has 7 nitrogen and oxygen atoms in total. The molecular weight excluding hydrogens is 278 g/mol. The number of aromatic nitrogens is 5. The van der Waals surface area contributed by atoms with Crippen molar-refractivity contribution in [2.24, 2.45) is 7.05 Å². The van der Waals surface area contributed by atoms with Crippen molar-refractivity contribution in [3.63, 3.8) is 0 Å². The highest BCUT2D eigenvalue weighted by Gasteiger charge is 2.19. The molecule has 20 heavy (non-hydrogen) atoms. The fourth-order valence-corrected chi connectivity index (χ4v) is 3.15. The van der Waals surface area contributed by atoms with Crippen LogP contribution < -0.4 is 5.56 Å². The molecule has 0 aliphatic heterocycles. The summed E-state index contributed by atoms with van der Waals surface area (Å²) in [5.74, 6) is 0.847. The van der Waals surface area contributed by atoms with Crippen molar-refractivity contribution in [2.75, 3.05) is 0 Å². The quantitative estimate of drug-likeness (QED) is 0.531.